The SMILES string of the molecule is N#Cc1cc2c3c(c1)N1c4c(cccc4-n4c5ccccc5c5cccc1c54)B3c1oc3ccc(-c4ccccc4)cc3c1N2c1cccc2oc3ccccc3c12. The molecule has 3 aromatic heterocycles. The number of para-hydroxylation sites is 4. The molecule has 3 aliphatic rings. The van der Waals surface area contributed by atoms with Crippen LogP contribution in [-0.2, 0) is 0 Å². The van der Waals surface area contributed by atoms with Gasteiger partial charge < -0.3 is 23.2 Å². The first-order valence-electron chi connectivity index (χ1n) is 19.6. The van der Waals surface area contributed by atoms with Crippen LogP contribution in [0.3, 0.4) is 0 Å². The maximum absolute atomic E-state index is 10.9. The third-order valence-corrected chi connectivity index (χ3v) is 12.7. The van der Waals surface area contributed by atoms with Crippen molar-refractivity contribution < 1.29 is 8.83 Å². The molecule has 0 N–H and O–H groups in total. The fourth-order valence-electron chi connectivity index (χ4n) is 10.4. The van der Waals surface area contributed by atoms with E-state index in [9.17, 15) is 5.26 Å². The monoisotopic (exact) mass is 738 g/mol. The first-order chi connectivity index (χ1) is 28.7. The minimum absolute atomic E-state index is 0.259. The number of hydrogen-bond donors (Lipinski definition) is 0. The highest BCUT2D eigenvalue weighted by molar-refractivity contribution is 7.00. The van der Waals surface area contributed by atoms with Crippen molar-refractivity contribution in [3.8, 4) is 22.9 Å². The van der Waals surface area contributed by atoms with Crippen molar-refractivity contribution in [1.29, 1.82) is 5.26 Å². The molecule has 0 spiro atoms. The minimum atomic E-state index is -0.259. The Balaban J connectivity index is 1.16. The highest BCUT2D eigenvalue weighted by Crippen LogP contribution is 2.54. The topological polar surface area (TPSA) is 61.5 Å². The van der Waals surface area contributed by atoms with E-state index in [1.54, 1.807) is 0 Å². The average molecular weight is 739 g/mol. The first kappa shape index (κ1) is 30.3. The molecule has 0 amide bonds. The van der Waals surface area contributed by atoms with Gasteiger partial charge in [0.15, 0.2) is 0 Å². The van der Waals surface area contributed by atoms with Gasteiger partial charge in [-0.1, -0.05) is 103 Å². The number of fused-ring (bicyclic) bond motifs is 14. The largest absolute Gasteiger partial charge is 0.468 e. The van der Waals surface area contributed by atoms with E-state index in [0.29, 0.717) is 5.56 Å². The van der Waals surface area contributed by atoms with Crippen molar-refractivity contribution in [2.45, 2.75) is 0 Å². The second kappa shape index (κ2) is 10.7. The van der Waals surface area contributed by atoms with E-state index in [2.05, 4.69) is 160 Å². The molecule has 0 aliphatic carbocycles. The van der Waals surface area contributed by atoms with Gasteiger partial charge in [0.2, 0.25) is 0 Å². The number of furan rings is 2. The highest BCUT2D eigenvalue weighted by Gasteiger charge is 2.49. The van der Waals surface area contributed by atoms with Crippen LogP contribution >= 0.6 is 0 Å². The molecular weight excluding hydrogens is 711 g/mol. The minimum Gasteiger partial charge on any atom is -0.468 e. The molecule has 0 unspecified atom stereocenters. The zero-order valence-electron chi connectivity index (χ0n) is 30.8. The molecule has 8 aromatic carbocycles. The Morgan fingerprint density at radius 1 is 0.483 bits per heavy atom. The van der Waals surface area contributed by atoms with Gasteiger partial charge in [0.1, 0.15) is 16.7 Å². The van der Waals surface area contributed by atoms with Gasteiger partial charge in [-0.15, -0.1) is 0 Å². The van der Waals surface area contributed by atoms with Crippen LogP contribution in [0.2, 0.25) is 0 Å². The van der Waals surface area contributed by atoms with Gasteiger partial charge in [0.05, 0.1) is 62.1 Å². The molecular formula is C51H27BN4O2. The van der Waals surface area contributed by atoms with Gasteiger partial charge in [-0.25, -0.2) is 0 Å². The van der Waals surface area contributed by atoms with Gasteiger partial charge in [-0.2, -0.15) is 5.26 Å². The van der Waals surface area contributed by atoms with Crippen LogP contribution in [0.15, 0.2) is 173 Å². The third kappa shape index (κ3) is 3.64. The quantitative estimate of drug-likeness (QED) is 0.165. The number of nitrogens with zero attached hydrogens (tertiary/aromatic N) is 4. The predicted molar refractivity (Wildman–Crippen MR) is 236 cm³/mol. The zero-order chi connectivity index (χ0) is 37.8. The van der Waals surface area contributed by atoms with Crippen LogP contribution in [0, 0.1) is 11.3 Å². The first-order valence-corrected chi connectivity index (χ1v) is 19.6. The molecule has 6 heterocycles. The average Bonchev–Trinajstić information content (AvgIpc) is 3.96. The van der Waals surface area contributed by atoms with Crippen LogP contribution in [0.4, 0.5) is 34.1 Å². The molecule has 0 saturated carbocycles. The summed E-state index contributed by atoms with van der Waals surface area (Å²) in [6, 6.07) is 60.3. The molecule has 0 atom stereocenters. The van der Waals surface area contributed by atoms with Crippen LogP contribution in [0.1, 0.15) is 5.56 Å². The van der Waals surface area contributed by atoms with E-state index < -0.39 is 0 Å². The molecule has 14 rings (SSSR count). The van der Waals surface area contributed by atoms with E-state index in [0.717, 1.165) is 106 Å². The maximum atomic E-state index is 10.9. The van der Waals surface area contributed by atoms with E-state index >= 15 is 0 Å². The van der Waals surface area contributed by atoms with Crippen molar-refractivity contribution in [2.24, 2.45) is 0 Å². The number of nitriles is 1. The lowest BCUT2D eigenvalue weighted by Crippen LogP contribution is -2.61. The summed E-state index contributed by atoms with van der Waals surface area (Å²) in [4.78, 5) is 4.77. The molecule has 0 saturated heterocycles. The Kier molecular flexibility index (Phi) is 5.57. The lowest BCUT2D eigenvalue weighted by molar-refractivity contribution is 0.651. The molecule has 6 nitrogen and oxygen atoms in total. The number of hydrogen-bond acceptors (Lipinski definition) is 5. The molecule has 3 aliphatic heterocycles. The standard InChI is InChI=1S/C51H27BN4O2/c53-28-29-25-41-47-42(26-29)56-39-19-8-15-33-32-13-4-6-17-37(32)54(48(33)39)40-20-9-16-36(50(40)56)52(47)51-49(35-27-31(23-24-44(35)58-51)30-11-2-1-3-12-30)55(41)38-18-10-22-45-46(38)34-14-5-7-21-43(34)57-45/h1-27H. The molecule has 7 heteroatoms. The molecule has 266 valence electrons. The molecule has 0 fully saturated rings. The summed E-state index contributed by atoms with van der Waals surface area (Å²) in [5.41, 5.74) is 17.9. The van der Waals surface area contributed by atoms with E-state index in [1.807, 2.05) is 24.3 Å². The maximum Gasteiger partial charge on any atom is 0.297 e. The van der Waals surface area contributed by atoms with Crippen LogP contribution in [0.5, 0.6) is 0 Å². The van der Waals surface area contributed by atoms with Gasteiger partial charge >= 0.3 is 0 Å². The van der Waals surface area contributed by atoms with Crippen molar-refractivity contribution >= 4 is 112 Å². The second-order valence-corrected chi connectivity index (χ2v) is 15.5. The van der Waals surface area contributed by atoms with Crippen molar-refractivity contribution in [3.63, 3.8) is 0 Å². The Morgan fingerprint density at radius 3 is 2.05 bits per heavy atom. The summed E-state index contributed by atoms with van der Waals surface area (Å²) in [6.45, 7) is -0.259. The summed E-state index contributed by atoms with van der Waals surface area (Å²) < 4.78 is 16.2. The highest BCUT2D eigenvalue weighted by atomic mass is 16.3. The Bertz CT molecular complexity index is 3680. The molecule has 11 aromatic rings. The Labute approximate surface area is 331 Å². The van der Waals surface area contributed by atoms with Crippen LogP contribution in [-0.4, -0.2) is 11.3 Å². The molecule has 0 bridgehead atoms. The van der Waals surface area contributed by atoms with E-state index in [-0.39, 0.29) is 6.71 Å². The molecule has 58 heavy (non-hydrogen) atoms. The fourth-order valence-corrected chi connectivity index (χ4v) is 10.4. The number of benzene rings is 8. The summed E-state index contributed by atoms with van der Waals surface area (Å²) in [6.07, 6.45) is 0. The van der Waals surface area contributed by atoms with Crippen LogP contribution < -0.4 is 26.4 Å². The zero-order valence-corrected chi connectivity index (χ0v) is 30.8. The number of aromatic nitrogens is 1. The van der Waals surface area contributed by atoms with Gasteiger partial charge in [-0.3, -0.25) is 0 Å². The Hall–Kier alpha value is -7.95. The molecule has 0 radical (unpaired) electrons. The smallest absolute Gasteiger partial charge is 0.297 e. The van der Waals surface area contributed by atoms with Crippen molar-refractivity contribution in [3.05, 3.63) is 169 Å². The third-order valence-electron chi connectivity index (χ3n) is 12.7. The number of anilines is 6. The lowest BCUT2D eigenvalue weighted by atomic mass is 9.35. The van der Waals surface area contributed by atoms with Gasteiger partial charge in [0, 0.05) is 32.9 Å². The van der Waals surface area contributed by atoms with Crippen molar-refractivity contribution in [2.75, 3.05) is 9.80 Å². The number of rotatable bonds is 2. The normalized spacial score (nSPS) is 13.4. The fraction of sp³-hybridized carbons (Fsp3) is 0. The van der Waals surface area contributed by atoms with Crippen molar-refractivity contribution in [1.82, 2.24) is 4.57 Å². The second-order valence-electron chi connectivity index (χ2n) is 15.5. The van der Waals surface area contributed by atoms with E-state index in [4.69, 9.17) is 8.83 Å². The lowest BCUT2D eigenvalue weighted by Gasteiger charge is -2.44. The Morgan fingerprint density at radius 2 is 1.17 bits per heavy atom. The summed E-state index contributed by atoms with van der Waals surface area (Å²) in [5, 5.41) is 16.3. The summed E-state index contributed by atoms with van der Waals surface area (Å²) >= 11 is 0. The van der Waals surface area contributed by atoms with Gasteiger partial charge in [-0.05, 0) is 82.7 Å². The van der Waals surface area contributed by atoms with Crippen LogP contribution in [0.25, 0.3) is 71.5 Å². The van der Waals surface area contributed by atoms with Gasteiger partial charge in [0.25, 0.3) is 6.71 Å². The summed E-state index contributed by atoms with van der Waals surface area (Å²) in [7, 11) is 0. The summed E-state index contributed by atoms with van der Waals surface area (Å²) in [5.74, 6) is 0. The predicted octanol–water partition coefficient (Wildman–Crippen LogP) is 11.4. The van der Waals surface area contributed by atoms with E-state index in [1.165, 1.54) is 16.3 Å².